The topological polar surface area (TPSA) is 106 Å². The van der Waals surface area contributed by atoms with Gasteiger partial charge in [-0.1, -0.05) is 31.0 Å². The average molecular weight is 577 g/mol. The minimum atomic E-state index is -3.46. The highest BCUT2D eigenvalue weighted by atomic mass is 32.2. The second-order valence-electron chi connectivity index (χ2n) is 11.3. The molecule has 9 heteroatoms. The Labute approximate surface area is 240 Å². The van der Waals surface area contributed by atoms with Gasteiger partial charge in [0, 0.05) is 45.2 Å². The lowest BCUT2D eigenvalue weighted by molar-refractivity contribution is -0.180. The molecular weight excluding hydrogens is 528 g/mol. The highest BCUT2D eigenvalue weighted by molar-refractivity contribution is 7.89. The van der Waals surface area contributed by atoms with Gasteiger partial charge in [-0.3, -0.25) is 0 Å². The number of fused-ring (bicyclic) bond motifs is 1. The maximum absolute atomic E-state index is 12.4. The van der Waals surface area contributed by atoms with Crippen LogP contribution in [-0.2, 0) is 32.5 Å². The molecular formula is C31H48N2O6S. The molecule has 3 N–H and O–H groups in total. The van der Waals surface area contributed by atoms with Crippen LogP contribution in [0.2, 0.25) is 0 Å². The Bertz CT molecular complexity index is 1150. The van der Waals surface area contributed by atoms with E-state index in [2.05, 4.69) is 10.0 Å². The number of aliphatic hydroxyl groups is 1. The number of benzene rings is 2. The van der Waals surface area contributed by atoms with E-state index in [1.54, 1.807) is 18.2 Å². The summed E-state index contributed by atoms with van der Waals surface area (Å²) < 4.78 is 44.6. The largest absolute Gasteiger partial charge is 0.463 e. The van der Waals surface area contributed by atoms with Crippen LogP contribution in [0.4, 0.5) is 0 Å². The van der Waals surface area contributed by atoms with Gasteiger partial charge in [0.2, 0.25) is 15.8 Å². The Balaban J connectivity index is 1.17. The van der Waals surface area contributed by atoms with Gasteiger partial charge in [0.15, 0.2) is 0 Å². The van der Waals surface area contributed by atoms with Gasteiger partial charge < -0.3 is 24.6 Å². The summed E-state index contributed by atoms with van der Waals surface area (Å²) in [7, 11) is -3.46. The molecule has 0 fully saturated rings. The maximum Gasteiger partial charge on any atom is 0.240 e. The predicted molar refractivity (Wildman–Crippen MR) is 158 cm³/mol. The third-order valence-corrected chi connectivity index (χ3v) is 8.39. The molecule has 0 aromatic heterocycles. The lowest BCUT2D eigenvalue weighted by atomic mass is 10.0. The van der Waals surface area contributed by atoms with Crippen molar-refractivity contribution >= 4 is 10.0 Å². The Morgan fingerprint density at radius 3 is 2.52 bits per heavy atom. The van der Waals surface area contributed by atoms with Crippen molar-refractivity contribution in [3.63, 3.8) is 0 Å². The quantitative estimate of drug-likeness (QED) is 0.208. The molecule has 1 aliphatic heterocycles. The fourth-order valence-electron chi connectivity index (χ4n) is 4.61. The first-order valence-electron chi connectivity index (χ1n) is 14.6. The van der Waals surface area contributed by atoms with Crippen molar-refractivity contribution in [2.75, 3.05) is 26.3 Å². The van der Waals surface area contributed by atoms with Gasteiger partial charge in [0.05, 0.1) is 17.6 Å². The van der Waals surface area contributed by atoms with Crippen molar-refractivity contribution in [1.82, 2.24) is 10.0 Å². The minimum Gasteiger partial charge on any atom is -0.463 e. The molecule has 1 heterocycles. The van der Waals surface area contributed by atoms with E-state index in [0.717, 1.165) is 87.1 Å². The summed E-state index contributed by atoms with van der Waals surface area (Å²) in [5.41, 5.74) is 2.87. The lowest BCUT2D eigenvalue weighted by Crippen LogP contribution is -2.35. The van der Waals surface area contributed by atoms with Crippen LogP contribution in [0.3, 0.4) is 0 Å². The lowest BCUT2D eigenvalue weighted by Gasteiger charge is -2.33. The number of hydrogen-bond donors (Lipinski definition) is 3. The second kappa shape index (κ2) is 15.8. The van der Waals surface area contributed by atoms with E-state index < -0.39 is 21.9 Å². The predicted octanol–water partition coefficient (Wildman–Crippen LogP) is 5.24. The van der Waals surface area contributed by atoms with Crippen LogP contribution in [-0.4, -0.2) is 51.7 Å². The summed E-state index contributed by atoms with van der Waals surface area (Å²) in [4.78, 5) is 0.325. The minimum absolute atomic E-state index is 0.131. The third kappa shape index (κ3) is 11.1. The first kappa shape index (κ1) is 32.5. The Morgan fingerprint density at radius 1 is 1.00 bits per heavy atom. The molecule has 0 radical (unpaired) electrons. The van der Waals surface area contributed by atoms with Crippen LogP contribution >= 0.6 is 0 Å². The molecule has 40 heavy (non-hydrogen) atoms. The highest BCUT2D eigenvalue weighted by Gasteiger charge is 2.27. The highest BCUT2D eigenvalue weighted by Crippen LogP contribution is 2.32. The number of nitrogens with one attached hydrogen (secondary N) is 2. The molecule has 0 saturated heterocycles. The molecule has 2 aromatic carbocycles. The summed E-state index contributed by atoms with van der Waals surface area (Å²) >= 11 is 0. The fraction of sp³-hybridized carbons (Fsp3) is 0.613. The summed E-state index contributed by atoms with van der Waals surface area (Å²) in [5.74, 6) is 0.204. The van der Waals surface area contributed by atoms with E-state index in [4.69, 9.17) is 14.2 Å². The normalized spacial score (nSPS) is 15.6. The molecule has 224 valence electrons. The van der Waals surface area contributed by atoms with E-state index in [9.17, 15) is 13.5 Å². The molecule has 0 aliphatic carbocycles. The monoisotopic (exact) mass is 576 g/mol. The van der Waals surface area contributed by atoms with E-state index in [1.165, 1.54) is 0 Å². The molecule has 1 atom stereocenters. The number of rotatable bonds is 18. The van der Waals surface area contributed by atoms with Gasteiger partial charge in [-0.05, 0) is 87.9 Å². The van der Waals surface area contributed by atoms with Gasteiger partial charge >= 0.3 is 0 Å². The van der Waals surface area contributed by atoms with Crippen molar-refractivity contribution in [2.24, 2.45) is 0 Å². The van der Waals surface area contributed by atoms with Gasteiger partial charge in [-0.2, -0.15) is 0 Å². The van der Waals surface area contributed by atoms with Gasteiger partial charge in [-0.15, -0.1) is 0 Å². The Kier molecular flexibility index (Phi) is 12.9. The second-order valence-corrected chi connectivity index (χ2v) is 13.0. The summed E-state index contributed by atoms with van der Waals surface area (Å²) in [6.07, 6.45) is 6.55. The number of aliphatic hydroxyl groups excluding tert-OH is 1. The number of aryl methyl sites for hydroxylation is 1. The smallest absolute Gasteiger partial charge is 0.240 e. The molecule has 8 nitrogen and oxygen atoms in total. The van der Waals surface area contributed by atoms with Crippen LogP contribution in [0.25, 0.3) is 0 Å². The van der Waals surface area contributed by atoms with E-state index in [-0.39, 0.29) is 6.04 Å². The van der Waals surface area contributed by atoms with Crippen molar-refractivity contribution in [1.29, 1.82) is 0 Å². The molecule has 0 spiro atoms. The van der Waals surface area contributed by atoms with Crippen LogP contribution in [0, 0.1) is 0 Å². The van der Waals surface area contributed by atoms with E-state index >= 15 is 0 Å². The Hall–Kier alpha value is -2.01. The molecule has 0 amide bonds. The number of hydrogen-bond acceptors (Lipinski definition) is 7. The standard InChI is InChI=1S/C31H48N2O6S/c1-24(2)33-40(35,36)28-14-11-13-25(20-28)12-7-10-19-37-18-9-6-5-8-17-32-22-29(34)26-15-16-30-27(21-26)23-38-31(3,4)39-30/h11,13-16,20-21,24,29,32-34H,5-10,12,17-19,22-23H2,1-4H3. The molecule has 1 unspecified atom stereocenters. The van der Waals surface area contributed by atoms with Gasteiger partial charge in [-0.25, -0.2) is 13.1 Å². The molecule has 3 rings (SSSR count). The fourth-order valence-corrected chi connectivity index (χ4v) is 5.93. The van der Waals surface area contributed by atoms with E-state index in [1.807, 2.05) is 52.0 Å². The van der Waals surface area contributed by atoms with Crippen molar-refractivity contribution in [3.05, 3.63) is 59.2 Å². The molecule has 0 bridgehead atoms. The van der Waals surface area contributed by atoms with Crippen molar-refractivity contribution in [2.45, 2.75) is 102 Å². The van der Waals surface area contributed by atoms with Crippen LogP contribution in [0.15, 0.2) is 47.4 Å². The first-order chi connectivity index (χ1) is 19.1. The van der Waals surface area contributed by atoms with Gasteiger partial charge in [0.1, 0.15) is 5.75 Å². The molecule has 1 aliphatic rings. The maximum atomic E-state index is 12.4. The number of sulfonamides is 1. The number of unbranched alkanes of at least 4 members (excludes halogenated alkanes) is 4. The van der Waals surface area contributed by atoms with E-state index in [0.29, 0.717) is 18.0 Å². The summed E-state index contributed by atoms with van der Waals surface area (Å²) in [6.45, 7) is 10.8. The molecule has 2 aromatic rings. The SMILES string of the molecule is CC(C)NS(=O)(=O)c1cccc(CCCCOCCCCCCNCC(O)c2ccc3c(c2)COC(C)(C)O3)c1. The van der Waals surface area contributed by atoms with Gasteiger partial charge in [0.25, 0.3) is 0 Å². The average Bonchev–Trinajstić information content (AvgIpc) is 2.90. The Morgan fingerprint density at radius 2 is 1.75 bits per heavy atom. The zero-order valence-corrected chi connectivity index (χ0v) is 25.4. The van der Waals surface area contributed by atoms with Crippen molar-refractivity contribution in [3.8, 4) is 5.75 Å². The first-order valence-corrected chi connectivity index (χ1v) is 16.1. The number of ether oxygens (including phenoxy) is 3. The zero-order valence-electron chi connectivity index (χ0n) is 24.6. The van der Waals surface area contributed by atoms with Crippen molar-refractivity contribution < 1.29 is 27.7 Å². The van der Waals surface area contributed by atoms with Crippen LogP contribution < -0.4 is 14.8 Å². The third-order valence-electron chi connectivity index (χ3n) is 6.73. The zero-order chi connectivity index (χ0) is 29.0. The summed E-state index contributed by atoms with van der Waals surface area (Å²) in [5, 5.41) is 13.9. The van der Waals surface area contributed by atoms with Crippen LogP contribution in [0.5, 0.6) is 5.75 Å². The van der Waals surface area contributed by atoms with Crippen LogP contribution in [0.1, 0.15) is 89.0 Å². The summed E-state index contributed by atoms with van der Waals surface area (Å²) in [6, 6.07) is 12.9. The molecule has 0 saturated carbocycles.